The summed E-state index contributed by atoms with van der Waals surface area (Å²) in [4.78, 5) is 0. The Hall–Kier alpha value is -1.38. The molecule has 18 heavy (non-hydrogen) atoms. The summed E-state index contributed by atoms with van der Waals surface area (Å²) in [6, 6.07) is 11.1. The van der Waals surface area contributed by atoms with Crippen LogP contribution in [0.5, 0.6) is 0 Å². The highest BCUT2D eigenvalue weighted by Gasteiger charge is 2.22. The maximum atomic E-state index is 12.2. The molecular formula is C13H18N2O2S. The normalized spacial score (nSPS) is 13.2. The maximum absolute atomic E-state index is 12.2. The van der Waals surface area contributed by atoms with Crippen LogP contribution in [0.1, 0.15) is 19.4 Å². The molecule has 0 spiro atoms. The van der Waals surface area contributed by atoms with E-state index in [4.69, 9.17) is 5.26 Å². The summed E-state index contributed by atoms with van der Waals surface area (Å²) in [6.45, 7) is 4.15. The first kappa shape index (κ1) is 14.7. The third-order valence-corrected chi connectivity index (χ3v) is 4.53. The summed E-state index contributed by atoms with van der Waals surface area (Å²) in [5.41, 5.74) is 0.764. The fraction of sp³-hybridized carbons (Fsp3) is 0.462. The van der Waals surface area contributed by atoms with Crippen molar-refractivity contribution in [1.29, 1.82) is 5.26 Å². The number of benzene rings is 1. The molecule has 5 heteroatoms. The van der Waals surface area contributed by atoms with Crippen LogP contribution < -0.4 is 0 Å². The Kier molecular flexibility index (Phi) is 5.32. The molecule has 0 saturated heterocycles. The predicted molar refractivity (Wildman–Crippen MR) is 71.1 cm³/mol. The fourth-order valence-corrected chi connectivity index (χ4v) is 3.30. The standard InChI is InChI=1S/C13H18N2O2S/c1-3-15(10-12(2)9-14)18(16,17)11-13-7-5-4-6-8-13/h4-8,12H,3,10-11H2,1-2H3. The Morgan fingerprint density at radius 1 is 1.33 bits per heavy atom. The summed E-state index contributed by atoms with van der Waals surface area (Å²) in [5, 5.41) is 8.76. The number of nitriles is 1. The third-order valence-electron chi connectivity index (χ3n) is 2.64. The molecule has 1 aromatic carbocycles. The summed E-state index contributed by atoms with van der Waals surface area (Å²) >= 11 is 0. The Balaban J connectivity index is 2.81. The second kappa shape index (κ2) is 6.53. The highest BCUT2D eigenvalue weighted by atomic mass is 32.2. The topological polar surface area (TPSA) is 61.2 Å². The van der Waals surface area contributed by atoms with E-state index in [0.29, 0.717) is 6.54 Å². The minimum absolute atomic E-state index is 0.0141. The smallest absolute Gasteiger partial charge is 0.212 e. The van der Waals surface area contributed by atoms with Crippen molar-refractivity contribution >= 4 is 10.0 Å². The molecule has 0 bridgehead atoms. The molecular weight excluding hydrogens is 248 g/mol. The highest BCUT2D eigenvalue weighted by Crippen LogP contribution is 2.12. The summed E-state index contributed by atoms with van der Waals surface area (Å²) in [7, 11) is -3.35. The maximum Gasteiger partial charge on any atom is 0.218 e. The van der Waals surface area contributed by atoms with Crippen LogP contribution in [-0.2, 0) is 15.8 Å². The molecule has 0 saturated carbocycles. The average molecular weight is 266 g/mol. The molecule has 0 radical (unpaired) electrons. The van der Waals surface area contributed by atoms with Gasteiger partial charge in [0.1, 0.15) is 0 Å². The zero-order valence-corrected chi connectivity index (χ0v) is 11.5. The minimum Gasteiger partial charge on any atom is -0.212 e. The number of nitrogens with zero attached hydrogens (tertiary/aromatic N) is 2. The van der Waals surface area contributed by atoms with Crippen LogP contribution in [0.3, 0.4) is 0 Å². The molecule has 0 aromatic heterocycles. The van der Waals surface area contributed by atoms with Gasteiger partial charge in [0, 0.05) is 13.1 Å². The van der Waals surface area contributed by atoms with Crippen molar-refractivity contribution in [3.8, 4) is 6.07 Å². The lowest BCUT2D eigenvalue weighted by molar-refractivity contribution is 0.399. The van der Waals surface area contributed by atoms with E-state index in [2.05, 4.69) is 6.07 Å². The molecule has 1 rings (SSSR count). The largest absolute Gasteiger partial charge is 0.218 e. The fourth-order valence-electron chi connectivity index (χ4n) is 1.66. The van der Waals surface area contributed by atoms with Gasteiger partial charge in [-0.25, -0.2) is 12.7 Å². The lowest BCUT2D eigenvalue weighted by atomic mass is 10.2. The quantitative estimate of drug-likeness (QED) is 0.791. The van der Waals surface area contributed by atoms with Gasteiger partial charge in [-0.2, -0.15) is 5.26 Å². The molecule has 0 fully saturated rings. The van der Waals surface area contributed by atoms with Crippen LogP contribution in [0.2, 0.25) is 0 Å². The van der Waals surface area contributed by atoms with Gasteiger partial charge in [0.05, 0.1) is 17.7 Å². The Labute approximate surface area is 109 Å². The lowest BCUT2D eigenvalue weighted by Gasteiger charge is -2.21. The first-order chi connectivity index (χ1) is 8.49. The van der Waals surface area contributed by atoms with Crippen molar-refractivity contribution in [3.63, 3.8) is 0 Å². The lowest BCUT2D eigenvalue weighted by Crippen LogP contribution is -2.35. The van der Waals surface area contributed by atoms with Crippen molar-refractivity contribution in [3.05, 3.63) is 35.9 Å². The molecule has 0 amide bonds. The van der Waals surface area contributed by atoms with Crippen LogP contribution >= 0.6 is 0 Å². The summed E-state index contributed by atoms with van der Waals surface area (Å²) in [5.74, 6) is -0.310. The third kappa shape index (κ3) is 4.13. The first-order valence-electron chi connectivity index (χ1n) is 5.91. The van der Waals surface area contributed by atoms with Crippen molar-refractivity contribution in [2.75, 3.05) is 13.1 Å². The van der Waals surface area contributed by atoms with Gasteiger partial charge < -0.3 is 0 Å². The Bertz CT molecular complexity index is 506. The SMILES string of the molecule is CCN(CC(C)C#N)S(=O)(=O)Cc1ccccc1. The van der Waals surface area contributed by atoms with Crippen LogP contribution in [-0.4, -0.2) is 25.8 Å². The predicted octanol–water partition coefficient (Wildman–Crippen LogP) is 2.00. The molecule has 0 aliphatic carbocycles. The average Bonchev–Trinajstić information content (AvgIpc) is 2.36. The van der Waals surface area contributed by atoms with Gasteiger partial charge in [-0.1, -0.05) is 37.3 Å². The number of rotatable bonds is 6. The molecule has 1 aromatic rings. The molecule has 0 aliphatic heterocycles. The first-order valence-corrected chi connectivity index (χ1v) is 7.52. The van der Waals surface area contributed by atoms with E-state index in [1.807, 2.05) is 18.2 Å². The van der Waals surface area contributed by atoms with Gasteiger partial charge in [0.25, 0.3) is 0 Å². The van der Waals surface area contributed by atoms with Crippen molar-refractivity contribution in [2.24, 2.45) is 5.92 Å². The second-order valence-electron chi connectivity index (χ2n) is 4.22. The van der Waals surface area contributed by atoms with E-state index < -0.39 is 10.0 Å². The Morgan fingerprint density at radius 3 is 2.44 bits per heavy atom. The van der Waals surface area contributed by atoms with Crippen LogP contribution in [0.15, 0.2) is 30.3 Å². The van der Waals surface area contributed by atoms with Crippen molar-refractivity contribution < 1.29 is 8.42 Å². The molecule has 0 N–H and O–H groups in total. The molecule has 0 aliphatic rings. The van der Waals surface area contributed by atoms with Crippen molar-refractivity contribution in [2.45, 2.75) is 19.6 Å². The number of sulfonamides is 1. The molecule has 0 heterocycles. The van der Waals surface area contributed by atoms with E-state index in [0.717, 1.165) is 5.56 Å². The Morgan fingerprint density at radius 2 is 1.94 bits per heavy atom. The zero-order valence-electron chi connectivity index (χ0n) is 10.7. The van der Waals surface area contributed by atoms with Gasteiger partial charge in [-0.05, 0) is 12.5 Å². The zero-order chi connectivity index (χ0) is 13.6. The molecule has 1 atom stereocenters. The van der Waals surface area contributed by atoms with Gasteiger partial charge in [0.2, 0.25) is 10.0 Å². The number of hydrogen-bond donors (Lipinski definition) is 0. The molecule has 4 nitrogen and oxygen atoms in total. The van der Waals surface area contributed by atoms with Gasteiger partial charge in [-0.3, -0.25) is 0 Å². The van der Waals surface area contributed by atoms with Crippen LogP contribution in [0.25, 0.3) is 0 Å². The highest BCUT2D eigenvalue weighted by molar-refractivity contribution is 7.88. The molecule has 98 valence electrons. The van der Waals surface area contributed by atoms with E-state index in [-0.39, 0.29) is 18.2 Å². The van der Waals surface area contributed by atoms with E-state index in [9.17, 15) is 8.42 Å². The second-order valence-corrected chi connectivity index (χ2v) is 6.19. The monoisotopic (exact) mass is 266 g/mol. The van der Waals surface area contributed by atoms with E-state index in [1.54, 1.807) is 26.0 Å². The van der Waals surface area contributed by atoms with Crippen LogP contribution in [0, 0.1) is 17.2 Å². The number of hydrogen-bond acceptors (Lipinski definition) is 3. The van der Waals surface area contributed by atoms with Gasteiger partial charge in [0.15, 0.2) is 0 Å². The minimum atomic E-state index is -3.35. The van der Waals surface area contributed by atoms with Crippen LogP contribution in [0.4, 0.5) is 0 Å². The van der Waals surface area contributed by atoms with Gasteiger partial charge >= 0.3 is 0 Å². The summed E-state index contributed by atoms with van der Waals surface area (Å²) in [6.07, 6.45) is 0. The summed E-state index contributed by atoms with van der Waals surface area (Å²) < 4.78 is 25.8. The van der Waals surface area contributed by atoms with E-state index in [1.165, 1.54) is 4.31 Å². The van der Waals surface area contributed by atoms with Crippen molar-refractivity contribution in [1.82, 2.24) is 4.31 Å². The van der Waals surface area contributed by atoms with Gasteiger partial charge in [-0.15, -0.1) is 0 Å². The van der Waals surface area contributed by atoms with E-state index >= 15 is 0 Å². The molecule has 1 unspecified atom stereocenters.